The summed E-state index contributed by atoms with van der Waals surface area (Å²) in [6.45, 7) is 19.9. The van der Waals surface area contributed by atoms with Crippen LogP contribution in [0.4, 0.5) is 28.8 Å². The predicted octanol–water partition coefficient (Wildman–Crippen LogP) is -2.88. The highest BCUT2D eigenvalue weighted by Gasteiger charge is 2.61. The zero-order chi connectivity index (χ0) is 89.7. The Hall–Kier alpha value is -5.83. The third-order valence-electron chi connectivity index (χ3n) is 18.4. The first-order valence-electron chi connectivity index (χ1n) is 38.7. The Morgan fingerprint density at radius 1 is 0.217 bits per heavy atom. The van der Waals surface area contributed by atoms with E-state index in [0.29, 0.717) is 0 Å². The third-order valence-corrected chi connectivity index (χ3v) is 18.4. The van der Waals surface area contributed by atoms with Crippen molar-refractivity contribution in [1.29, 1.82) is 0 Å². The Labute approximate surface area is 688 Å². The Kier molecular flexibility index (Phi) is 33.7. The van der Waals surface area contributed by atoms with Crippen molar-refractivity contribution in [2.24, 2.45) is 0 Å². The molecule has 21 heterocycles. The predicted molar refractivity (Wildman–Crippen MR) is 383 cm³/mol. The smallest absolute Gasteiger partial charge is 0.431 e. The van der Waals surface area contributed by atoms with Crippen LogP contribution in [0.2, 0.25) is 0 Å². The number of hydrogen-bond donors (Lipinski definition) is 14. The van der Waals surface area contributed by atoms with Gasteiger partial charge in [0.2, 0.25) is 0 Å². The fraction of sp³-hybridized carbons (Fsp3) is 0.904. The van der Waals surface area contributed by atoms with Gasteiger partial charge >= 0.3 is 36.9 Å². The lowest BCUT2D eigenvalue weighted by Gasteiger charge is -2.50. The normalized spacial score (nSPS) is 40.1. The molecule has 0 aromatic carbocycles. The highest BCUT2D eigenvalue weighted by atomic mass is 16.8. The van der Waals surface area contributed by atoms with E-state index in [2.05, 4.69) is 0 Å². The molecular weight excluding hydrogens is 1630 g/mol. The molecule has 21 aliphatic heterocycles. The number of rotatable bonds is 14. The maximum absolute atomic E-state index is 13.3. The SMILES string of the molecule is CC(C)(C)OC(=O)OCC1OC2OC3C(COC(=O)OC(C)(C)C)OC(OC4C(COC(=O)OC(C)(C)C)OC(OC5C(COC(=O)OC(C)(C)C)OC(OC6C(COC(=O)OC(C)(C)C)OC(OC7C(COC(=O)OC(C)(C)C)OC(OC8C(CC=O)OC(OC1C(O)C2O)C(O)C8O)C(O)C7O)C(O)C6O)C(O)C5O)C(O)C4O)C(O)C3O. The van der Waals surface area contributed by atoms with Crippen molar-refractivity contribution in [1.82, 2.24) is 0 Å². The van der Waals surface area contributed by atoms with E-state index >= 15 is 0 Å². The maximum Gasteiger partial charge on any atom is 0.508 e. The van der Waals surface area contributed by atoms with Gasteiger partial charge in [-0.1, -0.05) is 0 Å². The van der Waals surface area contributed by atoms with Gasteiger partial charge in [-0.3, -0.25) is 0 Å². The Bertz CT molecular complexity index is 3220. The zero-order valence-corrected chi connectivity index (χ0v) is 69.5. The first-order chi connectivity index (χ1) is 55.4. The van der Waals surface area contributed by atoms with E-state index in [1.54, 1.807) is 0 Å². The maximum atomic E-state index is 13.3. The summed E-state index contributed by atoms with van der Waals surface area (Å²) in [5.74, 6) is 0. The number of hydrogen-bond acceptors (Lipinski definition) is 47. The Morgan fingerprint density at radius 3 is 0.467 bits per heavy atom. The molecule has 47 heteroatoms. The third kappa shape index (κ3) is 27.3. The minimum Gasteiger partial charge on any atom is -0.431 e. The van der Waals surface area contributed by atoms with Crippen LogP contribution in [0.1, 0.15) is 131 Å². The van der Waals surface area contributed by atoms with Gasteiger partial charge in [0, 0.05) is 6.42 Å². The van der Waals surface area contributed by atoms with Gasteiger partial charge in [0.15, 0.2) is 44.0 Å². The molecule has 0 amide bonds. The van der Waals surface area contributed by atoms with Crippen molar-refractivity contribution in [3.05, 3.63) is 0 Å². The standard InChI is InChI=1S/C73H118O47/c1-68(2,3)115-62(89)95-21-28-49-36(77)43(84)57(103-28)111-51-30(23-97-64(91)117-70(7,8)9)105-59(45(86)38(51)79)113-53-32(25-99-66(93)119-72(13,14)15)107-61(47(88)40(53)81)114-54-33(26-100-67(94)120-73(16,17)18)106-60(46(87)39(54)80)112-52-31(24-98-65(92)118-71(10,11)12)104-58(44(85)37(52)78)110-50-29(22-96-63(90)116-69(4,5)6)102-56(42(83)35(50)76)108-48-27(19-20-74)101-55(109-49)41(82)34(48)75/h20,27-61,75-88H,19,21-26H2,1-18H3. The molecule has 0 aliphatic carbocycles. The second-order valence-electron chi connectivity index (χ2n) is 35.4. The van der Waals surface area contributed by atoms with Gasteiger partial charge in [0.25, 0.3) is 0 Å². The molecule has 35 atom stereocenters. The zero-order valence-electron chi connectivity index (χ0n) is 69.5. The molecule has 21 fully saturated rings. The molecule has 47 nitrogen and oxygen atoms in total. The lowest BCUT2D eigenvalue weighted by molar-refractivity contribution is -0.396. The van der Waals surface area contributed by atoms with Gasteiger partial charge < -0.3 is 199 Å². The van der Waals surface area contributed by atoms with Crippen molar-refractivity contribution in [2.45, 2.75) is 380 Å². The molecule has 120 heavy (non-hydrogen) atoms. The number of carbonyl (C=O) groups is 7. The lowest BCUT2D eigenvalue weighted by Crippen LogP contribution is -2.68. The average Bonchev–Trinajstić information content (AvgIpc) is 0.773. The van der Waals surface area contributed by atoms with E-state index in [4.69, 9.17) is 123 Å². The van der Waals surface area contributed by atoms with Gasteiger partial charge in [-0.15, -0.1) is 0 Å². The number of aliphatic hydroxyl groups excluding tert-OH is 14. The summed E-state index contributed by atoms with van der Waals surface area (Å²) < 4.78 is 150. The van der Waals surface area contributed by atoms with Gasteiger partial charge in [-0.05, 0) is 125 Å². The molecule has 0 saturated carbocycles. The highest BCUT2D eigenvalue weighted by molar-refractivity contribution is 5.62. The Morgan fingerprint density at radius 2 is 0.342 bits per heavy atom. The minimum absolute atomic E-state index is 0.231. The molecule has 14 N–H and O–H groups in total. The summed E-state index contributed by atoms with van der Waals surface area (Å²) in [5.41, 5.74) is -7.37. The van der Waals surface area contributed by atoms with Crippen LogP contribution < -0.4 is 0 Å². The van der Waals surface area contributed by atoms with E-state index in [-0.39, 0.29) is 6.29 Å². The topological polar surface area (TPSA) is 643 Å². The summed E-state index contributed by atoms with van der Waals surface area (Å²) in [6, 6.07) is 0. The van der Waals surface area contributed by atoms with E-state index in [1.807, 2.05) is 0 Å². The minimum atomic E-state index is -2.48. The summed E-state index contributed by atoms with van der Waals surface area (Å²) in [6.07, 6.45) is -88.2. The van der Waals surface area contributed by atoms with Crippen molar-refractivity contribution in [3.63, 3.8) is 0 Å². The molecule has 0 radical (unpaired) electrons. The van der Waals surface area contributed by atoms with E-state index in [0.717, 1.165) is 0 Å². The molecule has 0 aromatic heterocycles. The fourth-order valence-electron chi connectivity index (χ4n) is 13.1. The number of aldehydes is 1. The number of ether oxygens (including phenoxy) is 26. The molecule has 21 aliphatic rings. The van der Waals surface area contributed by atoms with Crippen LogP contribution in [0.3, 0.4) is 0 Å². The van der Waals surface area contributed by atoms with Crippen LogP contribution in [0.15, 0.2) is 0 Å². The van der Waals surface area contributed by atoms with Crippen LogP contribution in [-0.2, 0) is 128 Å². The monoisotopic (exact) mass is 1750 g/mol. The van der Waals surface area contributed by atoms with Crippen LogP contribution in [0.5, 0.6) is 0 Å². The molecule has 21 rings (SSSR count). The van der Waals surface area contributed by atoms with Gasteiger partial charge in [0.1, 0.15) is 244 Å². The number of carbonyl (C=O) groups excluding carboxylic acids is 7. The van der Waals surface area contributed by atoms with E-state index in [1.165, 1.54) is 125 Å². The number of aliphatic hydroxyl groups is 14. The van der Waals surface area contributed by atoms with E-state index < -0.39 is 332 Å². The largest absolute Gasteiger partial charge is 0.508 e. The van der Waals surface area contributed by atoms with Crippen LogP contribution in [0.25, 0.3) is 0 Å². The van der Waals surface area contributed by atoms with Crippen LogP contribution in [-0.4, -0.2) is 403 Å². The average molecular weight is 1750 g/mol. The van der Waals surface area contributed by atoms with E-state index in [9.17, 15) is 105 Å². The quantitative estimate of drug-likeness (QED) is 0.0472. The summed E-state index contributed by atoms with van der Waals surface area (Å²) >= 11 is 0. The van der Waals surface area contributed by atoms with Gasteiger partial charge in [-0.2, -0.15) is 0 Å². The molecule has 692 valence electrons. The molecule has 14 bridgehead atoms. The van der Waals surface area contributed by atoms with Crippen LogP contribution in [0, 0.1) is 0 Å². The van der Waals surface area contributed by atoms with Crippen molar-refractivity contribution >= 4 is 43.2 Å². The second kappa shape index (κ2) is 40.6. The highest BCUT2D eigenvalue weighted by Crippen LogP contribution is 2.41. The van der Waals surface area contributed by atoms with Gasteiger partial charge in [0.05, 0.1) is 6.10 Å². The molecule has 21 saturated heterocycles. The molecule has 0 spiro atoms. The van der Waals surface area contributed by atoms with Crippen molar-refractivity contribution < 1.29 is 228 Å². The van der Waals surface area contributed by atoms with Crippen molar-refractivity contribution in [3.8, 4) is 0 Å². The second-order valence-corrected chi connectivity index (χ2v) is 35.4. The molecule has 0 aromatic rings. The molecular formula is C73H118O47. The summed E-state index contributed by atoms with van der Waals surface area (Å²) in [4.78, 5) is 92.3. The first kappa shape index (κ1) is 99.6. The lowest BCUT2D eigenvalue weighted by atomic mass is 9.94. The summed E-state index contributed by atoms with van der Waals surface area (Å²) in [7, 11) is 0. The van der Waals surface area contributed by atoms with Crippen molar-refractivity contribution in [2.75, 3.05) is 39.6 Å². The van der Waals surface area contributed by atoms with Gasteiger partial charge in [-0.25, -0.2) is 28.8 Å². The fourth-order valence-corrected chi connectivity index (χ4v) is 13.1. The van der Waals surface area contributed by atoms with Crippen LogP contribution >= 0.6 is 0 Å². The first-order valence-corrected chi connectivity index (χ1v) is 38.7. The Balaban J connectivity index is 1.25. The summed E-state index contributed by atoms with van der Waals surface area (Å²) in [5, 5.41) is 170. The molecule has 35 unspecified atom stereocenters.